The van der Waals surface area contributed by atoms with Crippen LogP contribution < -0.4 is 4.90 Å². The average Bonchev–Trinajstić information content (AvgIpc) is 2.71. The van der Waals surface area contributed by atoms with Crippen LogP contribution in [0.15, 0.2) is 36.4 Å². The number of rotatable bonds is 9. The van der Waals surface area contributed by atoms with Crippen LogP contribution in [0.2, 0.25) is 0 Å². The van der Waals surface area contributed by atoms with Crippen molar-refractivity contribution in [3.63, 3.8) is 0 Å². The van der Waals surface area contributed by atoms with E-state index in [9.17, 15) is 0 Å². The summed E-state index contributed by atoms with van der Waals surface area (Å²) in [6.07, 6.45) is 0. The van der Waals surface area contributed by atoms with Gasteiger partial charge in [-0.05, 0) is 26.0 Å². The zero-order valence-corrected chi connectivity index (χ0v) is 17.5. The predicted molar refractivity (Wildman–Crippen MR) is 116 cm³/mol. The first-order chi connectivity index (χ1) is 13.6. The fourth-order valence-corrected chi connectivity index (χ4v) is 3.67. The summed E-state index contributed by atoms with van der Waals surface area (Å²) in [4.78, 5) is 17.0. The molecule has 0 spiro atoms. The van der Waals surface area contributed by atoms with Crippen molar-refractivity contribution >= 4 is 16.7 Å². The zero-order chi connectivity index (χ0) is 19.9. The number of methoxy groups -OCH3 is 1. The minimum Gasteiger partial charge on any atom is -0.383 e. The number of anilines is 1. The maximum absolute atomic E-state index is 5.20. The smallest absolute Gasteiger partial charge is 0.145 e. The Morgan fingerprint density at radius 3 is 2.54 bits per heavy atom. The van der Waals surface area contributed by atoms with E-state index < -0.39 is 0 Å². The lowest BCUT2D eigenvalue weighted by molar-refractivity contribution is 0.0926. The lowest BCUT2D eigenvalue weighted by Gasteiger charge is -2.34. The molecular weight excluding hydrogens is 350 g/mol. The van der Waals surface area contributed by atoms with Gasteiger partial charge in [0.15, 0.2) is 0 Å². The fourth-order valence-electron chi connectivity index (χ4n) is 3.67. The van der Waals surface area contributed by atoms with E-state index in [4.69, 9.17) is 14.7 Å². The highest BCUT2D eigenvalue weighted by Crippen LogP contribution is 2.25. The predicted octanol–water partition coefficient (Wildman–Crippen LogP) is 2.80. The number of hydrogen-bond acceptors (Lipinski definition) is 6. The molecule has 0 N–H and O–H groups in total. The van der Waals surface area contributed by atoms with Gasteiger partial charge in [0.25, 0.3) is 0 Å². The van der Waals surface area contributed by atoms with Crippen molar-refractivity contribution in [3.8, 4) is 0 Å². The van der Waals surface area contributed by atoms with Crippen molar-refractivity contribution in [2.75, 3.05) is 64.4 Å². The quantitative estimate of drug-likeness (QED) is 0.621. The van der Waals surface area contributed by atoms with Crippen LogP contribution in [-0.4, -0.2) is 79.3 Å². The summed E-state index contributed by atoms with van der Waals surface area (Å²) >= 11 is 0. The van der Waals surface area contributed by atoms with Crippen LogP contribution >= 0.6 is 0 Å². The van der Waals surface area contributed by atoms with Gasteiger partial charge in [0.2, 0.25) is 0 Å². The van der Waals surface area contributed by atoms with E-state index in [0.717, 1.165) is 87.1 Å². The Bertz CT molecular complexity index is 786. The number of likely N-dealkylation sites (N-methyl/N-ethyl adjacent to an activating group) is 1. The topological polar surface area (TPSA) is 44.7 Å². The van der Waals surface area contributed by atoms with Gasteiger partial charge in [-0.1, -0.05) is 24.3 Å². The van der Waals surface area contributed by atoms with Crippen LogP contribution in [0.25, 0.3) is 10.9 Å². The maximum Gasteiger partial charge on any atom is 0.145 e. The van der Waals surface area contributed by atoms with Crippen LogP contribution in [0, 0.1) is 0 Å². The molecule has 0 radical (unpaired) electrons. The van der Waals surface area contributed by atoms with E-state index in [1.54, 1.807) is 7.11 Å². The van der Waals surface area contributed by atoms with Crippen molar-refractivity contribution in [2.45, 2.75) is 20.4 Å². The van der Waals surface area contributed by atoms with E-state index in [0.29, 0.717) is 0 Å². The highest BCUT2D eigenvalue weighted by atomic mass is 16.5. The summed E-state index contributed by atoms with van der Waals surface area (Å²) in [5.74, 6) is 1.92. The summed E-state index contributed by atoms with van der Waals surface area (Å²) in [5.41, 5.74) is 2.15. The number of hydrogen-bond donors (Lipinski definition) is 0. The molecule has 0 aliphatic carbocycles. The number of para-hydroxylation sites is 1. The molecule has 152 valence electrons. The molecule has 1 aromatic carbocycles. The second-order valence-corrected chi connectivity index (χ2v) is 7.56. The Morgan fingerprint density at radius 1 is 1.14 bits per heavy atom. The number of aromatic nitrogens is 2. The van der Waals surface area contributed by atoms with E-state index in [2.05, 4.69) is 53.3 Å². The molecule has 0 amide bonds. The van der Waals surface area contributed by atoms with Gasteiger partial charge in [-0.15, -0.1) is 0 Å². The highest BCUT2D eigenvalue weighted by Gasteiger charge is 2.19. The first-order valence-electron chi connectivity index (χ1n) is 10.2. The fraction of sp³-hybridized carbons (Fsp3) is 0.545. The van der Waals surface area contributed by atoms with Crippen molar-refractivity contribution in [3.05, 3.63) is 42.2 Å². The highest BCUT2D eigenvalue weighted by molar-refractivity contribution is 5.89. The summed E-state index contributed by atoms with van der Waals surface area (Å²) in [6, 6.07) is 8.31. The van der Waals surface area contributed by atoms with E-state index >= 15 is 0 Å². The molecule has 6 heteroatoms. The lowest BCUT2D eigenvalue weighted by atomic mass is 10.2. The molecule has 1 aromatic heterocycles. The number of benzene rings is 1. The number of fused-ring (bicyclic) bond motifs is 1. The first kappa shape index (κ1) is 20.7. The van der Waals surface area contributed by atoms with Crippen molar-refractivity contribution in [1.29, 1.82) is 0 Å². The molecular formula is C22H33N5O. The third-order valence-corrected chi connectivity index (χ3v) is 5.21. The third kappa shape index (κ3) is 5.28. The maximum atomic E-state index is 5.20. The van der Waals surface area contributed by atoms with E-state index in [1.807, 2.05) is 6.07 Å². The molecule has 0 saturated carbocycles. The minimum atomic E-state index is 0.792. The zero-order valence-electron chi connectivity index (χ0n) is 17.5. The van der Waals surface area contributed by atoms with Gasteiger partial charge >= 0.3 is 0 Å². The Balaban J connectivity index is 1.78. The first-order valence-corrected chi connectivity index (χ1v) is 10.2. The molecule has 1 aliphatic heterocycles. The second kappa shape index (κ2) is 9.96. The van der Waals surface area contributed by atoms with Gasteiger partial charge in [-0.3, -0.25) is 9.80 Å². The largest absolute Gasteiger partial charge is 0.383 e. The molecule has 6 nitrogen and oxygen atoms in total. The van der Waals surface area contributed by atoms with Crippen LogP contribution in [0.3, 0.4) is 0 Å². The Hall–Kier alpha value is -2.02. The standard InChI is InChI=1S/C22H33N5O/c1-5-27(16-18(2)3)22-19-8-6-7-9-20(19)23-21(24-22)17-26-12-10-25(11-13-26)14-15-28-4/h6-9H,2,5,10-17H2,1,3-4H3. The molecule has 0 unspecified atom stereocenters. The van der Waals surface area contributed by atoms with Crippen molar-refractivity contribution in [1.82, 2.24) is 19.8 Å². The second-order valence-electron chi connectivity index (χ2n) is 7.56. The van der Waals surface area contributed by atoms with Gasteiger partial charge in [-0.25, -0.2) is 9.97 Å². The van der Waals surface area contributed by atoms with Crippen LogP contribution in [-0.2, 0) is 11.3 Å². The normalized spacial score (nSPS) is 15.8. The number of piperazine rings is 1. The Morgan fingerprint density at radius 2 is 1.86 bits per heavy atom. The van der Waals surface area contributed by atoms with Gasteiger partial charge in [0.05, 0.1) is 18.7 Å². The molecule has 1 saturated heterocycles. The molecule has 3 rings (SSSR count). The van der Waals surface area contributed by atoms with Gasteiger partial charge in [-0.2, -0.15) is 0 Å². The summed E-state index contributed by atoms with van der Waals surface area (Å²) < 4.78 is 5.20. The van der Waals surface area contributed by atoms with Crippen LogP contribution in [0.1, 0.15) is 19.7 Å². The number of ether oxygens (including phenoxy) is 1. The SMILES string of the molecule is C=C(C)CN(CC)c1nc(CN2CCN(CCOC)CC2)nc2ccccc12. The summed E-state index contributed by atoms with van der Waals surface area (Å²) in [5, 5.41) is 1.11. The van der Waals surface area contributed by atoms with Crippen molar-refractivity contribution < 1.29 is 4.74 Å². The van der Waals surface area contributed by atoms with Crippen molar-refractivity contribution in [2.24, 2.45) is 0 Å². The molecule has 0 bridgehead atoms. The molecule has 2 aromatic rings. The average molecular weight is 384 g/mol. The Kier molecular flexibility index (Phi) is 7.36. The lowest BCUT2D eigenvalue weighted by Crippen LogP contribution is -2.47. The van der Waals surface area contributed by atoms with Gasteiger partial charge in [0.1, 0.15) is 11.6 Å². The van der Waals surface area contributed by atoms with E-state index in [1.165, 1.54) is 0 Å². The molecule has 0 atom stereocenters. The Labute approximate surface area is 168 Å². The van der Waals surface area contributed by atoms with Crippen LogP contribution in [0.5, 0.6) is 0 Å². The number of nitrogens with zero attached hydrogens (tertiary/aromatic N) is 5. The molecule has 28 heavy (non-hydrogen) atoms. The van der Waals surface area contributed by atoms with Crippen LogP contribution in [0.4, 0.5) is 5.82 Å². The monoisotopic (exact) mass is 383 g/mol. The summed E-state index contributed by atoms with van der Waals surface area (Å²) in [6.45, 7) is 16.8. The molecule has 1 fully saturated rings. The molecule has 1 aliphatic rings. The summed E-state index contributed by atoms with van der Waals surface area (Å²) in [7, 11) is 1.76. The van der Waals surface area contributed by atoms with E-state index in [-0.39, 0.29) is 0 Å². The van der Waals surface area contributed by atoms with Gasteiger partial charge < -0.3 is 9.64 Å². The minimum absolute atomic E-state index is 0.792. The van der Waals surface area contributed by atoms with Gasteiger partial charge in [0, 0.05) is 58.3 Å². The third-order valence-electron chi connectivity index (χ3n) is 5.21. The molecule has 2 heterocycles.